The summed E-state index contributed by atoms with van der Waals surface area (Å²) in [5.74, 6) is -0.318. The number of benzene rings is 1. The third-order valence-corrected chi connectivity index (χ3v) is 3.80. The molecule has 8 heteroatoms. The Bertz CT molecular complexity index is 670. The topological polar surface area (TPSA) is 85.6 Å². The van der Waals surface area contributed by atoms with Gasteiger partial charge in [0.15, 0.2) is 5.52 Å². The molecule has 0 unspecified atom stereocenters. The molecular formula is C13H15N3O4S. The van der Waals surface area contributed by atoms with E-state index in [4.69, 9.17) is 4.74 Å². The fourth-order valence-electron chi connectivity index (χ4n) is 2.01. The Labute approximate surface area is 125 Å². The molecule has 1 heterocycles. The maximum Gasteiger partial charge on any atom is 0.319 e. The van der Waals surface area contributed by atoms with Crippen molar-refractivity contribution in [1.29, 1.82) is 0 Å². The summed E-state index contributed by atoms with van der Waals surface area (Å²) in [4.78, 5) is 28.0. The summed E-state index contributed by atoms with van der Waals surface area (Å²) >= 11 is 1.36. The smallest absolute Gasteiger partial charge is 0.319 e. The highest BCUT2D eigenvalue weighted by atomic mass is 32.1. The molecule has 0 bridgehead atoms. The molecule has 2 rings (SSSR count). The molecule has 112 valence electrons. The summed E-state index contributed by atoms with van der Waals surface area (Å²) in [6.07, 6.45) is 0.177. The van der Waals surface area contributed by atoms with Gasteiger partial charge in [0, 0.05) is 13.6 Å². The second-order valence-electron chi connectivity index (χ2n) is 4.37. The van der Waals surface area contributed by atoms with Gasteiger partial charge in [-0.05, 0) is 19.1 Å². The third-order valence-electron chi connectivity index (χ3n) is 3.00. The lowest BCUT2D eigenvalue weighted by Crippen LogP contribution is -2.22. The predicted molar refractivity (Wildman–Crippen MR) is 80.8 cm³/mol. The van der Waals surface area contributed by atoms with Gasteiger partial charge < -0.3 is 9.64 Å². The molecule has 0 aliphatic carbocycles. The molecule has 0 radical (unpaired) electrons. The van der Waals surface area contributed by atoms with Crippen molar-refractivity contribution in [2.75, 3.05) is 25.1 Å². The van der Waals surface area contributed by atoms with Crippen LogP contribution in [0.3, 0.4) is 0 Å². The molecule has 1 aromatic carbocycles. The first-order valence-corrected chi connectivity index (χ1v) is 7.30. The van der Waals surface area contributed by atoms with E-state index in [1.54, 1.807) is 36.5 Å². The highest BCUT2D eigenvalue weighted by Crippen LogP contribution is 2.36. The molecule has 0 amide bonds. The summed E-state index contributed by atoms with van der Waals surface area (Å²) in [7, 11) is 1.71. The molecule has 0 N–H and O–H groups in total. The Balaban J connectivity index is 2.26. The van der Waals surface area contributed by atoms with E-state index in [1.807, 2.05) is 0 Å². The molecule has 0 aliphatic heterocycles. The van der Waals surface area contributed by atoms with Crippen LogP contribution in [-0.4, -0.2) is 36.1 Å². The summed E-state index contributed by atoms with van der Waals surface area (Å²) in [6, 6.07) is 3.49. The fourth-order valence-corrected chi connectivity index (χ4v) is 2.69. The van der Waals surface area contributed by atoms with Crippen molar-refractivity contribution in [2.24, 2.45) is 0 Å². The summed E-state index contributed by atoms with van der Waals surface area (Å²) in [6.45, 7) is 2.41. The van der Waals surface area contributed by atoms with Gasteiger partial charge in [0.25, 0.3) is 0 Å². The lowest BCUT2D eigenvalue weighted by Gasteiger charge is -2.18. The molecular weight excluding hydrogens is 294 g/mol. The van der Waals surface area contributed by atoms with E-state index >= 15 is 0 Å². The molecule has 0 spiro atoms. The van der Waals surface area contributed by atoms with Gasteiger partial charge in [-0.1, -0.05) is 0 Å². The zero-order valence-corrected chi connectivity index (χ0v) is 12.6. The number of nitro benzene ring substituents is 1. The van der Waals surface area contributed by atoms with Crippen LogP contribution < -0.4 is 4.90 Å². The molecule has 0 aliphatic rings. The SMILES string of the molecule is CCOC(=O)CCN(C)c1ccc2scnc2c1[N+](=O)[O-]. The number of nitro groups is 1. The Morgan fingerprint density at radius 2 is 2.29 bits per heavy atom. The Morgan fingerprint density at radius 1 is 1.52 bits per heavy atom. The minimum absolute atomic E-state index is 0.0277. The molecule has 1 aromatic heterocycles. The van der Waals surface area contributed by atoms with Gasteiger partial charge in [-0.2, -0.15) is 0 Å². The first kappa shape index (κ1) is 15.2. The molecule has 2 aromatic rings. The van der Waals surface area contributed by atoms with Gasteiger partial charge in [0.05, 0.1) is 28.2 Å². The maximum atomic E-state index is 11.4. The number of anilines is 1. The van der Waals surface area contributed by atoms with Crippen LogP contribution in [-0.2, 0) is 9.53 Å². The van der Waals surface area contributed by atoms with Crippen LogP contribution >= 0.6 is 11.3 Å². The van der Waals surface area contributed by atoms with Crippen LogP contribution in [0.5, 0.6) is 0 Å². The number of nitrogens with zero attached hydrogens (tertiary/aromatic N) is 3. The van der Waals surface area contributed by atoms with E-state index in [2.05, 4.69) is 4.98 Å². The molecule has 0 atom stereocenters. The van der Waals surface area contributed by atoms with Crippen LogP contribution in [0.4, 0.5) is 11.4 Å². The number of carbonyl (C=O) groups excluding carboxylic acids is 1. The largest absolute Gasteiger partial charge is 0.466 e. The van der Waals surface area contributed by atoms with Crippen LogP contribution in [0.25, 0.3) is 10.2 Å². The monoisotopic (exact) mass is 309 g/mol. The first-order chi connectivity index (χ1) is 10.0. The normalized spacial score (nSPS) is 10.6. The quantitative estimate of drug-likeness (QED) is 0.463. The predicted octanol–water partition coefficient (Wildman–Crippen LogP) is 2.59. The number of carbonyl (C=O) groups is 1. The average Bonchev–Trinajstić information content (AvgIpc) is 2.91. The minimum atomic E-state index is -0.432. The van der Waals surface area contributed by atoms with E-state index < -0.39 is 4.92 Å². The van der Waals surface area contributed by atoms with Crippen LogP contribution in [0, 0.1) is 10.1 Å². The van der Waals surface area contributed by atoms with Gasteiger partial charge in [-0.25, -0.2) is 4.98 Å². The van der Waals surface area contributed by atoms with Gasteiger partial charge in [0.1, 0.15) is 5.69 Å². The van der Waals surface area contributed by atoms with E-state index in [1.165, 1.54) is 11.3 Å². The van der Waals surface area contributed by atoms with Crippen molar-refractivity contribution in [2.45, 2.75) is 13.3 Å². The molecule has 0 fully saturated rings. The number of aromatic nitrogens is 1. The first-order valence-electron chi connectivity index (χ1n) is 6.42. The molecule has 21 heavy (non-hydrogen) atoms. The van der Waals surface area contributed by atoms with Crippen molar-refractivity contribution < 1.29 is 14.5 Å². The summed E-state index contributed by atoms with van der Waals surface area (Å²) in [5.41, 5.74) is 2.38. The molecule has 7 nitrogen and oxygen atoms in total. The number of hydrogen-bond donors (Lipinski definition) is 0. The van der Waals surface area contributed by atoms with Crippen LogP contribution in [0.1, 0.15) is 13.3 Å². The number of hydrogen-bond acceptors (Lipinski definition) is 7. The average molecular weight is 309 g/mol. The van der Waals surface area contributed by atoms with Gasteiger partial charge in [-0.3, -0.25) is 14.9 Å². The van der Waals surface area contributed by atoms with E-state index in [9.17, 15) is 14.9 Å². The van der Waals surface area contributed by atoms with Crippen LogP contribution in [0.2, 0.25) is 0 Å². The van der Waals surface area contributed by atoms with Gasteiger partial charge in [0.2, 0.25) is 0 Å². The van der Waals surface area contributed by atoms with E-state index in [0.29, 0.717) is 24.4 Å². The van der Waals surface area contributed by atoms with Crippen molar-refractivity contribution in [3.05, 3.63) is 27.8 Å². The number of esters is 1. The second kappa shape index (κ2) is 6.49. The zero-order valence-electron chi connectivity index (χ0n) is 11.7. The highest BCUT2D eigenvalue weighted by Gasteiger charge is 2.23. The highest BCUT2D eigenvalue weighted by molar-refractivity contribution is 7.16. The van der Waals surface area contributed by atoms with Crippen molar-refractivity contribution >= 4 is 38.9 Å². The molecule has 0 saturated heterocycles. The lowest BCUT2D eigenvalue weighted by atomic mass is 10.2. The number of rotatable bonds is 6. The number of fused-ring (bicyclic) bond motifs is 1. The lowest BCUT2D eigenvalue weighted by molar-refractivity contribution is -0.382. The van der Waals surface area contributed by atoms with Gasteiger partial charge >= 0.3 is 11.7 Å². The Morgan fingerprint density at radius 3 is 2.95 bits per heavy atom. The standard InChI is InChI=1S/C13H15N3O4S/c1-3-20-11(17)6-7-15(2)9-4-5-10-12(14-8-21-10)13(9)16(18)19/h4-5,8H,3,6-7H2,1-2H3. The number of ether oxygens (including phenoxy) is 1. The number of thiazole rings is 1. The maximum absolute atomic E-state index is 11.4. The van der Waals surface area contributed by atoms with Gasteiger partial charge in [-0.15, -0.1) is 11.3 Å². The molecule has 0 saturated carbocycles. The van der Waals surface area contributed by atoms with Crippen molar-refractivity contribution in [3.63, 3.8) is 0 Å². The third kappa shape index (κ3) is 3.27. The summed E-state index contributed by atoms with van der Waals surface area (Å²) in [5, 5.41) is 11.3. The summed E-state index contributed by atoms with van der Waals surface area (Å²) < 4.78 is 5.62. The Hall–Kier alpha value is -2.22. The van der Waals surface area contributed by atoms with E-state index in [0.717, 1.165) is 4.70 Å². The zero-order chi connectivity index (χ0) is 15.4. The van der Waals surface area contributed by atoms with Crippen molar-refractivity contribution in [3.8, 4) is 0 Å². The fraction of sp³-hybridized carbons (Fsp3) is 0.385. The minimum Gasteiger partial charge on any atom is -0.466 e. The van der Waals surface area contributed by atoms with E-state index in [-0.39, 0.29) is 18.1 Å². The second-order valence-corrected chi connectivity index (χ2v) is 5.25. The van der Waals surface area contributed by atoms with Crippen LogP contribution in [0.15, 0.2) is 17.6 Å². The van der Waals surface area contributed by atoms with Crippen molar-refractivity contribution in [1.82, 2.24) is 4.98 Å². The Kier molecular flexibility index (Phi) is 4.69.